The van der Waals surface area contributed by atoms with Crippen LogP contribution >= 0.6 is 0 Å². The van der Waals surface area contributed by atoms with Crippen LogP contribution in [0.1, 0.15) is 27.4 Å². The van der Waals surface area contributed by atoms with Crippen LogP contribution in [-0.4, -0.2) is 54.9 Å². The minimum atomic E-state index is -3.39. The Balaban J connectivity index is 1.64. The first-order chi connectivity index (χ1) is 11.9. The molecule has 1 amide bonds. The van der Waals surface area contributed by atoms with E-state index < -0.39 is 10.0 Å². The third-order valence-corrected chi connectivity index (χ3v) is 6.21. The molecule has 0 spiro atoms. The molecule has 0 N–H and O–H groups in total. The van der Waals surface area contributed by atoms with Crippen LogP contribution in [0.4, 0.5) is 0 Å². The summed E-state index contributed by atoms with van der Waals surface area (Å²) in [4.78, 5) is 14.3. The molecule has 0 bridgehead atoms. The Morgan fingerprint density at radius 3 is 2.32 bits per heavy atom. The number of amides is 1. The summed E-state index contributed by atoms with van der Waals surface area (Å²) in [5, 5.41) is 3.80. The number of aryl methyl sites for hydroxylation is 2. The van der Waals surface area contributed by atoms with Gasteiger partial charge in [0, 0.05) is 26.2 Å². The average molecular weight is 363 g/mol. The van der Waals surface area contributed by atoms with Gasteiger partial charge in [0.2, 0.25) is 10.0 Å². The molecule has 3 rings (SSSR count). The molecule has 8 heteroatoms. The van der Waals surface area contributed by atoms with Crippen LogP contribution in [0.2, 0.25) is 0 Å². The van der Waals surface area contributed by atoms with Gasteiger partial charge in [0.05, 0.1) is 11.4 Å². The van der Waals surface area contributed by atoms with E-state index in [1.54, 1.807) is 30.9 Å². The highest BCUT2D eigenvalue weighted by molar-refractivity contribution is 7.88. The predicted molar refractivity (Wildman–Crippen MR) is 92.5 cm³/mol. The van der Waals surface area contributed by atoms with E-state index in [0.29, 0.717) is 43.2 Å². The van der Waals surface area contributed by atoms with Crippen LogP contribution in [0.25, 0.3) is 0 Å². The summed E-state index contributed by atoms with van der Waals surface area (Å²) < 4.78 is 31.6. The molecule has 1 aromatic carbocycles. The molecule has 134 valence electrons. The highest BCUT2D eigenvalue weighted by Crippen LogP contribution is 2.18. The zero-order valence-electron chi connectivity index (χ0n) is 14.3. The van der Waals surface area contributed by atoms with Gasteiger partial charge in [0.15, 0.2) is 0 Å². The number of carbonyl (C=O) groups is 1. The molecule has 0 aliphatic carbocycles. The quantitative estimate of drug-likeness (QED) is 0.823. The molecule has 25 heavy (non-hydrogen) atoms. The maximum atomic E-state index is 12.6. The Hall–Kier alpha value is -2.19. The van der Waals surface area contributed by atoms with Crippen molar-refractivity contribution in [3.8, 4) is 0 Å². The number of hydrogen-bond donors (Lipinski definition) is 0. The molecule has 1 fully saturated rings. The number of piperazine rings is 1. The fourth-order valence-corrected chi connectivity index (χ4v) is 4.51. The topological polar surface area (TPSA) is 83.7 Å². The Morgan fingerprint density at radius 1 is 1.12 bits per heavy atom. The zero-order valence-corrected chi connectivity index (χ0v) is 15.1. The first-order valence-electron chi connectivity index (χ1n) is 8.12. The van der Waals surface area contributed by atoms with E-state index in [-0.39, 0.29) is 11.7 Å². The van der Waals surface area contributed by atoms with Crippen LogP contribution < -0.4 is 0 Å². The number of aromatic nitrogens is 1. The number of carbonyl (C=O) groups excluding carboxylic acids is 1. The third kappa shape index (κ3) is 3.74. The second kappa shape index (κ2) is 6.97. The molecule has 1 saturated heterocycles. The highest BCUT2D eigenvalue weighted by Gasteiger charge is 2.31. The lowest BCUT2D eigenvalue weighted by Crippen LogP contribution is -2.50. The van der Waals surface area contributed by atoms with Gasteiger partial charge in [-0.25, -0.2) is 8.42 Å². The van der Waals surface area contributed by atoms with E-state index in [1.807, 2.05) is 18.2 Å². The van der Waals surface area contributed by atoms with E-state index in [4.69, 9.17) is 4.52 Å². The monoisotopic (exact) mass is 363 g/mol. The molecule has 2 heterocycles. The van der Waals surface area contributed by atoms with Crippen molar-refractivity contribution in [3.63, 3.8) is 0 Å². The molecule has 0 atom stereocenters. The molecule has 7 nitrogen and oxygen atoms in total. The van der Waals surface area contributed by atoms with Crippen molar-refractivity contribution >= 4 is 15.9 Å². The maximum Gasteiger partial charge on any atom is 0.259 e. The molecular formula is C17H21N3O4S. The van der Waals surface area contributed by atoms with Crippen molar-refractivity contribution in [2.45, 2.75) is 19.6 Å². The predicted octanol–water partition coefficient (Wildman–Crippen LogP) is 1.58. The van der Waals surface area contributed by atoms with E-state index in [9.17, 15) is 13.2 Å². The molecule has 2 aromatic rings. The molecule has 1 aromatic heterocycles. The van der Waals surface area contributed by atoms with Crippen molar-refractivity contribution in [1.82, 2.24) is 14.4 Å². The maximum absolute atomic E-state index is 12.6. The second-order valence-corrected chi connectivity index (χ2v) is 8.10. The number of benzene rings is 1. The number of hydrogen-bond acceptors (Lipinski definition) is 5. The fourth-order valence-electron chi connectivity index (χ4n) is 2.99. The second-order valence-electron chi connectivity index (χ2n) is 6.13. The Morgan fingerprint density at radius 2 is 1.76 bits per heavy atom. The minimum Gasteiger partial charge on any atom is -0.361 e. The van der Waals surface area contributed by atoms with Gasteiger partial charge in [-0.3, -0.25) is 4.79 Å². The van der Waals surface area contributed by atoms with Gasteiger partial charge >= 0.3 is 0 Å². The first kappa shape index (κ1) is 17.6. The molecule has 0 unspecified atom stereocenters. The SMILES string of the molecule is Cc1noc(C)c1C(=O)N1CCN(S(=O)(=O)Cc2ccccc2)CC1. The summed E-state index contributed by atoms with van der Waals surface area (Å²) in [5.41, 5.74) is 1.79. The number of rotatable bonds is 4. The summed E-state index contributed by atoms with van der Waals surface area (Å²) in [7, 11) is -3.39. The van der Waals surface area contributed by atoms with Gasteiger partial charge in [-0.05, 0) is 19.4 Å². The van der Waals surface area contributed by atoms with Crippen LogP contribution in [0.3, 0.4) is 0 Å². The average Bonchev–Trinajstić information content (AvgIpc) is 2.93. The largest absolute Gasteiger partial charge is 0.361 e. The molecular weight excluding hydrogens is 342 g/mol. The fraction of sp³-hybridized carbons (Fsp3) is 0.412. The van der Waals surface area contributed by atoms with E-state index in [1.165, 1.54) is 4.31 Å². The lowest BCUT2D eigenvalue weighted by molar-refractivity contribution is 0.0695. The van der Waals surface area contributed by atoms with Crippen LogP contribution in [0, 0.1) is 13.8 Å². The van der Waals surface area contributed by atoms with E-state index in [2.05, 4.69) is 5.16 Å². The zero-order chi connectivity index (χ0) is 18.0. The summed E-state index contributed by atoms with van der Waals surface area (Å²) in [6, 6.07) is 9.11. The van der Waals surface area contributed by atoms with Crippen LogP contribution in [0.15, 0.2) is 34.9 Å². The highest BCUT2D eigenvalue weighted by atomic mass is 32.2. The van der Waals surface area contributed by atoms with Crippen molar-refractivity contribution in [1.29, 1.82) is 0 Å². The Bertz CT molecular complexity index is 834. The Kier molecular flexibility index (Phi) is 4.91. The Labute approximate surface area is 147 Å². The van der Waals surface area contributed by atoms with Crippen molar-refractivity contribution in [3.05, 3.63) is 52.9 Å². The molecule has 0 radical (unpaired) electrons. The van der Waals surface area contributed by atoms with Gasteiger partial charge < -0.3 is 9.42 Å². The van der Waals surface area contributed by atoms with Gasteiger partial charge in [0.1, 0.15) is 11.3 Å². The molecule has 0 saturated carbocycles. The van der Waals surface area contributed by atoms with Gasteiger partial charge in [-0.15, -0.1) is 0 Å². The summed E-state index contributed by atoms with van der Waals surface area (Å²) in [6.07, 6.45) is 0. The molecule has 1 aliphatic rings. The van der Waals surface area contributed by atoms with Crippen LogP contribution in [0.5, 0.6) is 0 Å². The number of nitrogens with zero attached hydrogens (tertiary/aromatic N) is 3. The van der Waals surface area contributed by atoms with Crippen LogP contribution in [-0.2, 0) is 15.8 Å². The standard InChI is InChI=1S/C17H21N3O4S/c1-13-16(14(2)24-18-13)17(21)19-8-10-20(11-9-19)25(22,23)12-15-6-4-3-5-7-15/h3-7H,8-12H2,1-2H3. The summed E-state index contributed by atoms with van der Waals surface area (Å²) in [5.74, 6) is 0.309. The third-order valence-electron chi connectivity index (χ3n) is 4.36. The van der Waals surface area contributed by atoms with Crippen molar-refractivity contribution < 1.29 is 17.7 Å². The summed E-state index contributed by atoms with van der Waals surface area (Å²) in [6.45, 7) is 4.74. The first-order valence-corrected chi connectivity index (χ1v) is 9.73. The minimum absolute atomic E-state index is 0.0222. The van der Waals surface area contributed by atoms with Crippen molar-refractivity contribution in [2.24, 2.45) is 0 Å². The number of sulfonamides is 1. The smallest absolute Gasteiger partial charge is 0.259 e. The lowest BCUT2D eigenvalue weighted by atomic mass is 10.1. The lowest BCUT2D eigenvalue weighted by Gasteiger charge is -2.34. The summed E-state index contributed by atoms with van der Waals surface area (Å²) >= 11 is 0. The normalized spacial score (nSPS) is 16.2. The van der Waals surface area contributed by atoms with Crippen molar-refractivity contribution in [2.75, 3.05) is 26.2 Å². The van der Waals surface area contributed by atoms with Gasteiger partial charge in [-0.1, -0.05) is 35.5 Å². The van der Waals surface area contributed by atoms with Gasteiger partial charge in [-0.2, -0.15) is 4.31 Å². The van der Waals surface area contributed by atoms with E-state index in [0.717, 1.165) is 5.56 Å². The molecule has 1 aliphatic heterocycles. The van der Waals surface area contributed by atoms with E-state index >= 15 is 0 Å². The van der Waals surface area contributed by atoms with Gasteiger partial charge in [0.25, 0.3) is 5.91 Å².